The van der Waals surface area contributed by atoms with Gasteiger partial charge in [-0.25, -0.2) is 4.98 Å². The molecule has 1 aromatic heterocycles. The number of aliphatic imine (C=N–C) groups is 1. The minimum Gasteiger partial charge on any atom is -0.357 e. The predicted octanol–water partition coefficient (Wildman–Crippen LogP) is 4.02. The summed E-state index contributed by atoms with van der Waals surface area (Å²) in [6.07, 6.45) is -3.37. The normalized spacial score (nSPS) is 12.6. The van der Waals surface area contributed by atoms with Crippen LogP contribution < -0.4 is 10.6 Å². The van der Waals surface area contributed by atoms with Crippen molar-refractivity contribution >= 4 is 17.0 Å². The lowest BCUT2D eigenvalue weighted by Gasteiger charge is -2.12. The highest BCUT2D eigenvalue weighted by Crippen LogP contribution is 2.21. The van der Waals surface area contributed by atoms with Crippen LogP contribution in [0, 0.1) is 6.92 Å². The highest BCUT2D eigenvalue weighted by atomic mass is 19.4. The van der Waals surface area contributed by atoms with E-state index in [1.165, 1.54) is 0 Å². The summed E-state index contributed by atoms with van der Waals surface area (Å²) in [6, 6.07) is 8.05. The molecule has 0 unspecified atom stereocenters. The number of nitrogens with one attached hydrogen (secondary N) is 2. The number of guanidine groups is 1. The number of para-hydroxylation sites is 2. The molecule has 0 saturated heterocycles. The second kappa shape index (κ2) is 10.2. The van der Waals surface area contributed by atoms with Crippen molar-refractivity contribution in [3.63, 3.8) is 0 Å². The number of fused-ring (bicyclic) bond motifs is 1. The molecule has 2 rings (SSSR count). The molecule has 0 amide bonds. The third-order valence-electron chi connectivity index (χ3n) is 4.18. The summed E-state index contributed by atoms with van der Waals surface area (Å²) in [5, 5.41) is 6.22. The van der Waals surface area contributed by atoms with E-state index < -0.39 is 12.6 Å². The molecule has 0 spiro atoms. The number of nitrogens with zero attached hydrogens (tertiary/aromatic N) is 3. The van der Waals surface area contributed by atoms with Crippen molar-refractivity contribution in [2.24, 2.45) is 4.99 Å². The van der Waals surface area contributed by atoms with Gasteiger partial charge < -0.3 is 15.2 Å². The summed E-state index contributed by atoms with van der Waals surface area (Å²) in [4.78, 5) is 9.06. The van der Waals surface area contributed by atoms with E-state index in [1.807, 2.05) is 32.0 Å². The van der Waals surface area contributed by atoms with Crippen molar-refractivity contribution in [2.45, 2.75) is 52.3 Å². The van der Waals surface area contributed by atoms with Crippen molar-refractivity contribution in [1.82, 2.24) is 20.2 Å². The van der Waals surface area contributed by atoms with Crippen LogP contribution in [0.3, 0.4) is 0 Å². The number of rotatable bonds is 9. The predicted molar refractivity (Wildman–Crippen MR) is 103 cm³/mol. The fourth-order valence-corrected chi connectivity index (χ4v) is 2.90. The summed E-state index contributed by atoms with van der Waals surface area (Å²) >= 11 is 0. The number of hydrogen-bond acceptors (Lipinski definition) is 2. The topological polar surface area (TPSA) is 54.2 Å². The lowest BCUT2D eigenvalue weighted by atomic mass is 10.2. The Hall–Kier alpha value is -2.25. The van der Waals surface area contributed by atoms with E-state index in [0.717, 1.165) is 29.8 Å². The summed E-state index contributed by atoms with van der Waals surface area (Å²) in [5.41, 5.74) is 2.11. The van der Waals surface area contributed by atoms with Crippen LogP contribution in [0.15, 0.2) is 29.3 Å². The Labute approximate surface area is 158 Å². The Balaban J connectivity index is 1.78. The molecule has 0 fully saturated rings. The number of unbranched alkanes of at least 4 members (excludes halogenated alkanes) is 1. The molecule has 5 nitrogen and oxygen atoms in total. The van der Waals surface area contributed by atoms with Crippen molar-refractivity contribution < 1.29 is 13.2 Å². The molecule has 150 valence electrons. The Bertz CT molecular complexity index is 737. The van der Waals surface area contributed by atoms with Crippen LogP contribution in [0.4, 0.5) is 13.2 Å². The molecule has 0 aliphatic heterocycles. The van der Waals surface area contributed by atoms with Gasteiger partial charge in [0, 0.05) is 32.6 Å². The molecule has 8 heteroatoms. The van der Waals surface area contributed by atoms with Gasteiger partial charge in [0.15, 0.2) is 5.96 Å². The molecule has 2 aromatic rings. The summed E-state index contributed by atoms with van der Waals surface area (Å²) < 4.78 is 38.6. The lowest BCUT2D eigenvalue weighted by molar-refractivity contribution is -0.135. The average Bonchev–Trinajstić information content (AvgIpc) is 2.92. The van der Waals surface area contributed by atoms with Crippen molar-refractivity contribution in [2.75, 3.05) is 19.6 Å². The largest absolute Gasteiger partial charge is 0.389 e. The van der Waals surface area contributed by atoms with E-state index in [-0.39, 0.29) is 6.42 Å². The standard InChI is InChI=1S/C19H28F3N5/c1-3-23-18(24-12-7-6-11-19(20,21)22)25-13-8-14-27-15(2)26-16-9-4-5-10-17(16)27/h4-5,9-10H,3,6-8,11-14H2,1-2H3,(H2,23,24,25). The molecule has 1 heterocycles. The maximum atomic E-state index is 12.1. The highest BCUT2D eigenvalue weighted by molar-refractivity contribution is 5.79. The summed E-state index contributed by atoms with van der Waals surface area (Å²) in [5.74, 6) is 1.63. The summed E-state index contributed by atoms with van der Waals surface area (Å²) in [6.45, 7) is 6.59. The Morgan fingerprint density at radius 3 is 2.67 bits per heavy atom. The minimum atomic E-state index is -4.08. The molecule has 0 atom stereocenters. The van der Waals surface area contributed by atoms with Gasteiger partial charge in [-0.05, 0) is 45.2 Å². The number of aromatic nitrogens is 2. The molecular formula is C19H28F3N5. The SMILES string of the molecule is CCNC(=NCCCn1c(C)nc2ccccc21)NCCCCC(F)(F)F. The third kappa shape index (κ3) is 7.11. The number of benzene rings is 1. The van der Waals surface area contributed by atoms with Crippen LogP contribution in [-0.4, -0.2) is 41.3 Å². The Kier molecular flexibility index (Phi) is 7.94. The molecule has 0 aliphatic carbocycles. The van der Waals surface area contributed by atoms with Gasteiger partial charge in [0.05, 0.1) is 11.0 Å². The molecular weight excluding hydrogens is 355 g/mol. The number of halogens is 3. The first-order chi connectivity index (χ1) is 12.9. The van der Waals surface area contributed by atoms with Gasteiger partial charge in [0.1, 0.15) is 5.82 Å². The summed E-state index contributed by atoms with van der Waals surface area (Å²) in [7, 11) is 0. The quantitative estimate of drug-likeness (QED) is 0.391. The number of aryl methyl sites for hydroxylation is 2. The van der Waals surface area contributed by atoms with Crippen LogP contribution in [0.2, 0.25) is 0 Å². The molecule has 1 aromatic carbocycles. The van der Waals surface area contributed by atoms with Gasteiger partial charge in [-0.15, -0.1) is 0 Å². The molecule has 0 aliphatic rings. The van der Waals surface area contributed by atoms with E-state index in [9.17, 15) is 13.2 Å². The molecule has 2 N–H and O–H groups in total. The first-order valence-electron chi connectivity index (χ1n) is 9.41. The zero-order chi connectivity index (χ0) is 19.7. The maximum absolute atomic E-state index is 12.1. The van der Waals surface area contributed by atoms with Gasteiger partial charge in [-0.1, -0.05) is 12.1 Å². The van der Waals surface area contributed by atoms with Crippen molar-refractivity contribution in [3.05, 3.63) is 30.1 Å². The molecule has 0 bridgehead atoms. The van der Waals surface area contributed by atoms with E-state index in [2.05, 4.69) is 31.2 Å². The Morgan fingerprint density at radius 2 is 1.93 bits per heavy atom. The van der Waals surface area contributed by atoms with Gasteiger partial charge in [0.2, 0.25) is 0 Å². The fraction of sp³-hybridized carbons (Fsp3) is 0.579. The third-order valence-corrected chi connectivity index (χ3v) is 4.18. The monoisotopic (exact) mass is 383 g/mol. The number of imidazole rings is 1. The van der Waals surface area contributed by atoms with Crippen LogP contribution in [0.25, 0.3) is 11.0 Å². The lowest BCUT2D eigenvalue weighted by Crippen LogP contribution is -2.38. The fourth-order valence-electron chi connectivity index (χ4n) is 2.90. The van der Waals surface area contributed by atoms with Crippen LogP contribution in [0.5, 0.6) is 0 Å². The molecule has 0 radical (unpaired) electrons. The number of hydrogen-bond donors (Lipinski definition) is 2. The van der Waals surface area contributed by atoms with Crippen molar-refractivity contribution in [3.8, 4) is 0 Å². The van der Waals surface area contributed by atoms with Crippen LogP contribution >= 0.6 is 0 Å². The first-order valence-corrected chi connectivity index (χ1v) is 9.41. The average molecular weight is 383 g/mol. The van der Waals surface area contributed by atoms with E-state index in [1.54, 1.807) is 0 Å². The second-order valence-electron chi connectivity index (χ2n) is 6.41. The maximum Gasteiger partial charge on any atom is 0.389 e. The highest BCUT2D eigenvalue weighted by Gasteiger charge is 2.25. The minimum absolute atomic E-state index is 0.128. The van der Waals surface area contributed by atoms with Crippen LogP contribution in [-0.2, 0) is 6.54 Å². The molecule has 0 saturated carbocycles. The van der Waals surface area contributed by atoms with Gasteiger partial charge in [-0.2, -0.15) is 13.2 Å². The van der Waals surface area contributed by atoms with Crippen molar-refractivity contribution in [1.29, 1.82) is 0 Å². The van der Waals surface area contributed by atoms with Gasteiger partial charge >= 0.3 is 6.18 Å². The van der Waals surface area contributed by atoms with Gasteiger partial charge in [0.25, 0.3) is 0 Å². The van der Waals surface area contributed by atoms with Crippen LogP contribution in [0.1, 0.15) is 38.4 Å². The Morgan fingerprint density at radius 1 is 1.15 bits per heavy atom. The second-order valence-corrected chi connectivity index (χ2v) is 6.41. The zero-order valence-corrected chi connectivity index (χ0v) is 15.9. The first kappa shape index (κ1) is 21.1. The van der Waals surface area contributed by atoms with E-state index >= 15 is 0 Å². The molecule has 27 heavy (non-hydrogen) atoms. The van der Waals surface area contributed by atoms with E-state index in [4.69, 9.17) is 0 Å². The smallest absolute Gasteiger partial charge is 0.357 e. The van der Waals surface area contributed by atoms with E-state index in [0.29, 0.717) is 32.0 Å². The number of alkyl halides is 3. The zero-order valence-electron chi connectivity index (χ0n) is 15.9. The van der Waals surface area contributed by atoms with Gasteiger partial charge in [-0.3, -0.25) is 4.99 Å².